The smallest absolute Gasteiger partial charge is 0.268 e. The number of aryl methyl sites for hydroxylation is 1. The summed E-state index contributed by atoms with van der Waals surface area (Å²) < 4.78 is 33.5. The highest BCUT2D eigenvalue weighted by atomic mass is 32.2. The van der Waals surface area contributed by atoms with Gasteiger partial charge in [0.25, 0.3) is 10.0 Å². The molecule has 4 nitrogen and oxygen atoms in total. The molecule has 0 aliphatic rings. The van der Waals surface area contributed by atoms with E-state index in [2.05, 4.69) is 12.3 Å². The maximum atomic E-state index is 13.2. The Hall–Kier alpha value is -3.27. The Balaban J connectivity index is 2.08. The quantitative estimate of drug-likeness (QED) is 0.549. The van der Waals surface area contributed by atoms with Gasteiger partial charge in [0.05, 0.1) is 11.1 Å². The molecule has 5 heteroatoms. The van der Waals surface area contributed by atoms with Crippen LogP contribution in [0.25, 0.3) is 0 Å². The molecule has 0 unspecified atom stereocenters. The molecule has 0 spiro atoms. The highest BCUT2D eigenvalue weighted by Gasteiger charge is 2.25. The van der Waals surface area contributed by atoms with E-state index in [0.717, 1.165) is 9.87 Å². The molecule has 0 fully saturated rings. The van der Waals surface area contributed by atoms with Gasteiger partial charge in [-0.3, -0.25) is 0 Å². The van der Waals surface area contributed by atoms with Gasteiger partial charge in [-0.25, -0.2) is 12.7 Å². The van der Waals surface area contributed by atoms with E-state index in [1.807, 2.05) is 25.1 Å². The number of sulfonamides is 1. The first kappa shape index (κ1) is 18.5. The van der Waals surface area contributed by atoms with Crippen LogP contribution < -0.4 is 9.04 Å². The Morgan fingerprint density at radius 1 is 0.926 bits per heavy atom. The van der Waals surface area contributed by atoms with Crippen LogP contribution >= 0.6 is 0 Å². The molecule has 27 heavy (non-hydrogen) atoms. The number of anilines is 1. The minimum absolute atomic E-state index is 0.175. The van der Waals surface area contributed by atoms with E-state index in [-0.39, 0.29) is 4.90 Å². The molecule has 3 aromatic rings. The van der Waals surface area contributed by atoms with E-state index in [1.165, 1.54) is 6.20 Å². The lowest BCUT2D eigenvalue weighted by Gasteiger charge is -2.22. The minimum atomic E-state index is -3.85. The Kier molecular flexibility index (Phi) is 5.46. The van der Waals surface area contributed by atoms with E-state index in [9.17, 15) is 8.42 Å². The van der Waals surface area contributed by atoms with E-state index < -0.39 is 10.0 Å². The number of ether oxygens (including phenoxy) is 1. The third kappa shape index (κ3) is 4.11. The molecule has 0 radical (unpaired) electrons. The summed E-state index contributed by atoms with van der Waals surface area (Å²) in [6.07, 6.45) is 1.29. The number of para-hydroxylation sites is 3. The van der Waals surface area contributed by atoms with Crippen molar-refractivity contribution >= 4 is 15.7 Å². The number of benzene rings is 3. The molecule has 136 valence electrons. The predicted octanol–water partition coefficient (Wildman–Crippen LogP) is 5.28. The van der Waals surface area contributed by atoms with Crippen molar-refractivity contribution < 1.29 is 13.2 Å². The lowest BCUT2D eigenvalue weighted by Crippen LogP contribution is -2.25. The summed E-state index contributed by atoms with van der Waals surface area (Å²) >= 11 is 0. The molecule has 0 aliphatic carbocycles. The average Bonchev–Trinajstić information content (AvgIpc) is 2.68. The van der Waals surface area contributed by atoms with Gasteiger partial charge in [-0.15, -0.1) is 5.73 Å². The van der Waals surface area contributed by atoms with Crippen LogP contribution in [0.5, 0.6) is 11.5 Å². The second kappa shape index (κ2) is 7.96. The molecule has 0 amide bonds. The van der Waals surface area contributed by atoms with Crippen LogP contribution in [0.2, 0.25) is 0 Å². The molecular formula is C22H19NO3S. The van der Waals surface area contributed by atoms with Crippen molar-refractivity contribution in [1.82, 2.24) is 0 Å². The average molecular weight is 377 g/mol. The fourth-order valence-corrected chi connectivity index (χ4v) is 3.85. The highest BCUT2D eigenvalue weighted by molar-refractivity contribution is 7.93. The number of nitrogens with zero attached hydrogens (tertiary/aromatic N) is 1. The van der Waals surface area contributed by atoms with Crippen LogP contribution in [0.3, 0.4) is 0 Å². The topological polar surface area (TPSA) is 46.6 Å². The summed E-state index contributed by atoms with van der Waals surface area (Å²) in [7, 11) is -3.85. The Labute approximate surface area is 159 Å². The number of hydrogen-bond acceptors (Lipinski definition) is 3. The van der Waals surface area contributed by atoms with Gasteiger partial charge in [0.1, 0.15) is 11.4 Å². The van der Waals surface area contributed by atoms with Crippen LogP contribution in [0.1, 0.15) is 5.56 Å². The van der Waals surface area contributed by atoms with Crippen LogP contribution in [0, 0.1) is 6.92 Å². The van der Waals surface area contributed by atoms with Crippen LogP contribution in [-0.2, 0) is 10.0 Å². The minimum Gasteiger partial charge on any atom is -0.455 e. The van der Waals surface area contributed by atoms with Crippen molar-refractivity contribution in [3.8, 4) is 11.5 Å². The van der Waals surface area contributed by atoms with Gasteiger partial charge in [-0.05, 0) is 43.3 Å². The summed E-state index contributed by atoms with van der Waals surface area (Å²) in [6, 6.07) is 22.8. The Bertz CT molecular complexity index is 1070. The van der Waals surface area contributed by atoms with Crippen molar-refractivity contribution in [3.05, 3.63) is 103 Å². The monoisotopic (exact) mass is 377 g/mol. The van der Waals surface area contributed by atoms with Crippen molar-refractivity contribution in [2.24, 2.45) is 0 Å². The van der Waals surface area contributed by atoms with E-state index >= 15 is 0 Å². The molecule has 0 saturated heterocycles. The van der Waals surface area contributed by atoms with Crippen LogP contribution in [-0.4, -0.2) is 8.42 Å². The molecule has 0 aliphatic heterocycles. The van der Waals surface area contributed by atoms with Gasteiger partial charge in [0.2, 0.25) is 0 Å². The van der Waals surface area contributed by atoms with Crippen molar-refractivity contribution in [2.45, 2.75) is 11.8 Å². The summed E-state index contributed by atoms with van der Waals surface area (Å²) in [6.45, 7) is 5.44. The van der Waals surface area contributed by atoms with Gasteiger partial charge < -0.3 is 4.74 Å². The Morgan fingerprint density at radius 3 is 2.22 bits per heavy atom. The summed E-state index contributed by atoms with van der Waals surface area (Å²) in [4.78, 5) is 0.175. The first-order chi connectivity index (χ1) is 13.0. The summed E-state index contributed by atoms with van der Waals surface area (Å²) in [5.74, 6) is 1.02. The van der Waals surface area contributed by atoms with Crippen molar-refractivity contribution in [1.29, 1.82) is 0 Å². The summed E-state index contributed by atoms with van der Waals surface area (Å²) in [5.41, 5.74) is 3.91. The maximum Gasteiger partial charge on any atom is 0.268 e. The fraction of sp³-hybridized carbons (Fsp3) is 0.0455. The van der Waals surface area contributed by atoms with Crippen LogP contribution in [0.15, 0.2) is 102 Å². The third-order valence-corrected chi connectivity index (χ3v) is 5.55. The maximum absolute atomic E-state index is 13.2. The lowest BCUT2D eigenvalue weighted by molar-refractivity contribution is 0.483. The Morgan fingerprint density at radius 2 is 1.56 bits per heavy atom. The van der Waals surface area contributed by atoms with Gasteiger partial charge in [-0.2, -0.15) is 0 Å². The lowest BCUT2D eigenvalue weighted by atomic mass is 10.2. The SMILES string of the molecule is C=C=CN(c1ccccc1Oc1ccccc1)S(=O)(=O)c1ccc(C)cc1. The molecule has 0 aromatic heterocycles. The molecule has 0 atom stereocenters. The van der Waals surface area contributed by atoms with Crippen molar-refractivity contribution in [3.63, 3.8) is 0 Å². The predicted molar refractivity (Wildman–Crippen MR) is 108 cm³/mol. The largest absolute Gasteiger partial charge is 0.455 e. The normalized spacial score (nSPS) is 10.7. The highest BCUT2D eigenvalue weighted by Crippen LogP contribution is 2.35. The van der Waals surface area contributed by atoms with E-state index in [0.29, 0.717) is 17.2 Å². The molecule has 0 bridgehead atoms. The van der Waals surface area contributed by atoms with Gasteiger partial charge >= 0.3 is 0 Å². The van der Waals surface area contributed by atoms with Crippen LogP contribution in [0.4, 0.5) is 5.69 Å². The van der Waals surface area contributed by atoms with Gasteiger partial charge in [0, 0.05) is 0 Å². The van der Waals surface area contributed by atoms with Gasteiger partial charge in [-0.1, -0.05) is 54.6 Å². The zero-order valence-electron chi connectivity index (χ0n) is 14.9. The molecule has 0 saturated carbocycles. The summed E-state index contributed by atoms with van der Waals surface area (Å²) in [5, 5.41) is 0. The number of hydrogen-bond donors (Lipinski definition) is 0. The third-order valence-electron chi connectivity index (χ3n) is 3.86. The standard InChI is InChI=1S/C22H19NO3S/c1-3-17-23(27(24,25)20-15-13-18(2)14-16-20)21-11-7-8-12-22(21)26-19-9-5-4-6-10-19/h4-17H,1H2,2H3. The fourth-order valence-electron chi connectivity index (χ4n) is 2.52. The number of rotatable bonds is 6. The van der Waals surface area contributed by atoms with Gasteiger partial charge in [0.15, 0.2) is 5.75 Å². The zero-order valence-corrected chi connectivity index (χ0v) is 15.7. The molecule has 0 N–H and O–H groups in total. The van der Waals surface area contributed by atoms with E-state index in [4.69, 9.17) is 4.74 Å². The van der Waals surface area contributed by atoms with Crippen molar-refractivity contribution in [2.75, 3.05) is 4.31 Å². The second-order valence-electron chi connectivity index (χ2n) is 5.83. The van der Waals surface area contributed by atoms with E-state index in [1.54, 1.807) is 60.7 Å². The first-order valence-electron chi connectivity index (χ1n) is 8.31. The molecular weight excluding hydrogens is 358 g/mol. The second-order valence-corrected chi connectivity index (χ2v) is 7.64. The first-order valence-corrected chi connectivity index (χ1v) is 9.75. The zero-order chi connectivity index (χ0) is 19.3. The molecule has 3 aromatic carbocycles. The molecule has 0 heterocycles. The molecule has 3 rings (SSSR count).